The third-order valence-corrected chi connectivity index (χ3v) is 7.19. The van der Waals surface area contributed by atoms with Crippen LogP contribution in [-0.4, -0.2) is 34.4 Å². The standard InChI is InChI=1S/C25H22BrNO5/c1-14-12-18-21(27-13-14)24(30)22(28)19(23(29)31-2)20(15-6-4-3-5-7-15)25(24,32-18)16-8-10-17(26)11-9-16/h3-13,19-20,22,28,30H,1-2H3/t19-,20-,22-,24+,25+/m1/s1. The van der Waals surface area contributed by atoms with Crippen LogP contribution in [0.15, 0.2) is 71.3 Å². The quantitative estimate of drug-likeness (QED) is 0.540. The maximum Gasteiger partial charge on any atom is 0.312 e. The van der Waals surface area contributed by atoms with Crippen LogP contribution in [0.4, 0.5) is 0 Å². The summed E-state index contributed by atoms with van der Waals surface area (Å²) in [5.41, 5.74) is -1.05. The molecule has 0 unspecified atom stereocenters. The predicted molar refractivity (Wildman–Crippen MR) is 120 cm³/mol. The lowest BCUT2D eigenvalue weighted by Crippen LogP contribution is -2.52. The Morgan fingerprint density at radius 3 is 2.50 bits per heavy atom. The molecule has 1 saturated carbocycles. The average Bonchev–Trinajstić information content (AvgIpc) is 3.17. The fourth-order valence-corrected chi connectivity index (χ4v) is 5.61. The first kappa shape index (κ1) is 21.1. The molecule has 0 bridgehead atoms. The molecule has 164 valence electrons. The van der Waals surface area contributed by atoms with Crippen molar-refractivity contribution in [3.63, 3.8) is 0 Å². The van der Waals surface area contributed by atoms with Gasteiger partial charge in [0, 0.05) is 16.6 Å². The second-order valence-electron chi connectivity index (χ2n) is 8.35. The molecule has 1 aromatic heterocycles. The number of esters is 1. The van der Waals surface area contributed by atoms with Crippen molar-refractivity contribution in [1.82, 2.24) is 4.98 Å². The van der Waals surface area contributed by atoms with Crippen molar-refractivity contribution in [1.29, 1.82) is 0 Å². The van der Waals surface area contributed by atoms with Gasteiger partial charge in [0.2, 0.25) is 0 Å². The monoisotopic (exact) mass is 495 g/mol. The van der Waals surface area contributed by atoms with Gasteiger partial charge < -0.3 is 19.7 Å². The van der Waals surface area contributed by atoms with Crippen molar-refractivity contribution in [3.05, 3.63) is 93.7 Å². The van der Waals surface area contributed by atoms with Gasteiger partial charge in [0.1, 0.15) is 17.5 Å². The first-order valence-electron chi connectivity index (χ1n) is 10.3. The second kappa shape index (κ2) is 7.40. The Balaban J connectivity index is 1.87. The minimum Gasteiger partial charge on any atom is -0.476 e. The summed E-state index contributed by atoms with van der Waals surface area (Å²) in [6.45, 7) is 1.88. The van der Waals surface area contributed by atoms with Crippen LogP contribution in [0.5, 0.6) is 5.75 Å². The highest BCUT2D eigenvalue weighted by Gasteiger charge is 2.78. The molecular weight excluding hydrogens is 474 g/mol. The van der Waals surface area contributed by atoms with Gasteiger partial charge in [0.05, 0.1) is 13.0 Å². The first-order valence-corrected chi connectivity index (χ1v) is 11.1. The summed E-state index contributed by atoms with van der Waals surface area (Å²) >= 11 is 3.45. The van der Waals surface area contributed by atoms with Gasteiger partial charge in [-0.05, 0) is 41.8 Å². The van der Waals surface area contributed by atoms with E-state index in [4.69, 9.17) is 9.47 Å². The van der Waals surface area contributed by atoms with E-state index < -0.39 is 35.1 Å². The van der Waals surface area contributed by atoms with Crippen LogP contribution in [0, 0.1) is 12.8 Å². The zero-order valence-corrected chi connectivity index (χ0v) is 19.1. The maximum atomic E-state index is 13.0. The highest BCUT2D eigenvalue weighted by Crippen LogP contribution is 2.68. The van der Waals surface area contributed by atoms with Gasteiger partial charge in [-0.2, -0.15) is 0 Å². The SMILES string of the molecule is COC(=O)[C@H]1[C@@H](O)[C@@]2(O)c3ncc(C)cc3O[C@@]2(c2ccc(Br)cc2)[C@@H]1c1ccccc1. The van der Waals surface area contributed by atoms with E-state index in [1.807, 2.05) is 61.5 Å². The molecule has 5 atom stereocenters. The third kappa shape index (κ3) is 2.65. The van der Waals surface area contributed by atoms with Gasteiger partial charge in [0.15, 0.2) is 11.2 Å². The number of methoxy groups -OCH3 is 1. The number of hydrogen-bond donors (Lipinski definition) is 2. The summed E-state index contributed by atoms with van der Waals surface area (Å²) in [5, 5.41) is 23.9. The number of ether oxygens (including phenoxy) is 2. The molecule has 2 heterocycles. The highest BCUT2D eigenvalue weighted by molar-refractivity contribution is 9.10. The zero-order chi connectivity index (χ0) is 22.7. The van der Waals surface area contributed by atoms with Crippen molar-refractivity contribution >= 4 is 21.9 Å². The molecule has 0 radical (unpaired) electrons. The van der Waals surface area contributed by atoms with E-state index in [2.05, 4.69) is 20.9 Å². The van der Waals surface area contributed by atoms with E-state index in [0.717, 1.165) is 15.6 Å². The van der Waals surface area contributed by atoms with Crippen LogP contribution in [0.1, 0.15) is 28.3 Å². The van der Waals surface area contributed by atoms with Gasteiger partial charge in [0.25, 0.3) is 0 Å². The van der Waals surface area contributed by atoms with E-state index in [9.17, 15) is 15.0 Å². The lowest BCUT2D eigenvalue weighted by Gasteiger charge is -2.40. The Morgan fingerprint density at radius 1 is 1.16 bits per heavy atom. The second-order valence-corrected chi connectivity index (χ2v) is 9.27. The smallest absolute Gasteiger partial charge is 0.312 e. The summed E-state index contributed by atoms with van der Waals surface area (Å²) < 4.78 is 12.5. The molecule has 2 aromatic carbocycles. The number of benzene rings is 2. The summed E-state index contributed by atoms with van der Waals surface area (Å²) in [6, 6.07) is 18.4. The molecule has 32 heavy (non-hydrogen) atoms. The number of aliphatic hydroxyl groups excluding tert-OH is 1. The van der Waals surface area contributed by atoms with Gasteiger partial charge >= 0.3 is 5.97 Å². The molecule has 0 amide bonds. The average molecular weight is 496 g/mol. The minimum absolute atomic E-state index is 0.214. The van der Waals surface area contributed by atoms with Gasteiger partial charge in [-0.3, -0.25) is 9.78 Å². The molecule has 2 aliphatic rings. The zero-order valence-electron chi connectivity index (χ0n) is 17.5. The molecule has 0 spiro atoms. The summed E-state index contributed by atoms with van der Waals surface area (Å²) in [5.74, 6) is -2.05. The van der Waals surface area contributed by atoms with E-state index in [1.54, 1.807) is 12.3 Å². The van der Waals surface area contributed by atoms with E-state index >= 15 is 0 Å². The molecule has 6 nitrogen and oxygen atoms in total. The molecule has 7 heteroatoms. The first-order chi connectivity index (χ1) is 15.3. The molecule has 2 N–H and O–H groups in total. The molecule has 1 aliphatic heterocycles. The molecule has 1 aliphatic carbocycles. The Bertz CT molecular complexity index is 1180. The number of halogens is 1. The largest absolute Gasteiger partial charge is 0.476 e. The van der Waals surface area contributed by atoms with Crippen LogP contribution in [0.25, 0.3) is 0 Å². The van der Waals surface area contributed by atoms with Crippen LogP contribution in [0.3, 0.4) is 0 Å². The number of rotatable bonds is 3. The van der Waals surface area contributed by atoms with Crippen molar-refractivity contribution in [2.75, 3.05) is 7.11 Å². The van der Waals surface area contributed by atoms with Gasteiger partial charge in [-0.15, -0.1) is 0 Å². The fraction of sp³-hybridized carbons (Fsp3) is 0.280. The number of hydrogen-bond acceptors (Lipinski definition) is 6. The summed E-state index contributed by atoms with van der Waals surface area (Å²) in [7, 11) is 1.28. The lowest BCUT2D eigenvalue weighted by molar-refractivity contribution is -0.162. The number of pyridine rings is 1. The summed E-state index contributed by atoms with van der Waals surface area (Å²) in [4.78, 5) is 17.5. The number of carbonyl (C=O) groups is 1. The van der Waals surface area contributed by atoms with Crippen molar-refractivity contribution in [3.8, 4) is 5.75 Å². The molecular formula is C25H22BrNO5. The molecule has 1 fully saturated rings. The normalized spacial score (nSPS) is 30.3. The Kier molecular flexibility index (Phi) is 4.89. The summed E-state index contributed by atoms with van der Waals surface area (Å²) in [6.07, 6.45) is 0.105. The third-order valence-electron chi connectivity index (χ3n) is 6.66. The predicted octanol–water partition coefficient (Wildman–Crippen LogP) is 3.58. The van der Waals surface area contributed by atoms with Gasteiger partial charge in [-0.1, -0.05) is 58.4 Å². The number of aromatic nitrogens is 1. The van der Waals surface area contributed by atoms with Crippen LogP contribution >= 0.6 is 15.9 Å². The highest BCUT2D eigenvalue weighted by atomic mass is 79.9. The fourth-order valence-electron chi connectivity index (χ4n) is 5.35. The van der Waals surface area contributed by atoms with E-state index in [0.29, 0.717) is 11.3 Å². The van der Waals surface area contributed by atoms with E-state index in [1.165, 1.54) is 7.11 Å². The minimum atomic E-state index is -1.98. The molecule has 0 saturated heterocycles. The number of nitrogens with zero attached hydrogens (tertiary/aromatic N) is 1. The topological polar surface area (TPSA) is 88.9 Å². The number of carbonyl (C=O) groups excluding carboxylic acids is 1. The number of aliphatic hydroxyl groups is 2. The van der Waals surface area contributed by atoms with Crippen LogP contribution in [-0.2, 0) is 20.7 Å². The van der Waals surface area contributed by atoms with E-state index in [-0.39, 0.29) is 5.69 Å². The van der Waals surface area contributed by atoms with Crippen molar-refractivity contribution in [2.24, 2.45) is 5.92 Å². The molecule has 5 rings (SSSR count). The molecule has 3 aromatic rings. The van der Waals surface area contributed by atoms with Crippen LogP contribution < -0.4 is 4.74 Å². The Labute approximate surface area is 194 Å². The van der Waals surface area contributed by atoms with Gasteiger partial charge in [-0.25, -0.2) is 0 Å². The Morgan fingerprint density at radius 2 is 1.84 bits per heavy atom. The van der Waals surface area contributed by atoms with Crippen molar-refractivity contribution in [2.45, 2.75) is 30.1 Å². The lowest BCUT2D eigenvalue weighted by atomic mass is 9.71. The Hall–Kier alpha value is -2.74. The van der Waals surface area contributed by atoms with Crippen LogP contribution in [0.2, 0.25) is 0 Å². The number of aryl methyl sites for hydroxylation is 1. The van der Waals surface area contributed by atoms with Crippen molar-refractivity contribution < 1.29 is 24.5 Å². The number of fused-ring (bicyclic) bond motifs is 3. The maximum absolute atomic E-state index is 13.0.